The Kier molecular flexibility index (Phi) is 2.74. The second-order valence-corrected chi connectivity index (χ2v) is 5.57. The number of carbonyl (C=O) groups is 1. The van der Waals surface area contributed by atoms with Gasteiger partial charge in [-0.25, -0.2) is 9.20 Å². The molecule has 3 aromatic rings. The van der Waals surface area contributed by atoms with E-state index in [4.69, 9.17) is 0 Å². The molecular weight excluding hydrogens is 338 g/mol. The number of aryl methyl sites for hydroxylation is 1. The van der Waals surface area contributed by atoms with Crippen molar-refractivity contribution in [2.75, 3.05) is 11.4 Å². The van der Waals surface area contributed by atoms with Gasteiger partial charge in [-0.05, 0) is 44.9 Å². The van der Waals surface area contributed by atoms with Gasteiger partial charge in [-0.15, -0.1) is 0 Å². The van der Waals surface area contributed by atoms with Gasteiger partial charge in [0.1, 0.15) is 0 Å². The topological polar surface area (TPSA) is 81.2 Å². The molecule has 0 atom stereocenters. The molecule has 9 heteroatoms. The zero-order chi connectivity index (χ0) is 14.4. The van der Waals surface area contributed by atoms with Gasteiger partial charge in [0.2, 0.25) is 0 Å². The second kappa shape index (κ2) is 4.62. The lowest BCUT2D eigenvalue weighted by molar-refractivity contribution is 0.0981. The zero-order valence-electron chi connectivity index (χ0n) is 10.8. The average molecular weight is 348 g/mol. The normalized spacial score (nSPS) is 14.4. The first kappa shape index (κ1) is 12.5. The summed E-state index contributed by atoms with van der Waals surface area (Å²) < 4.78 is 4.10. The predicted molar refractivity (Wildman–Crippen MR) is 77.0 cm³/mol. The first-order chi connectivity index (χ1) is 10.3. The van der Waals surface area contributed by atoms with Gasteiger partial charge in [-0.3, -0.25) is 9.69 Å². The molecule has 0 saturated heterocycles. The molecule has 0 N–H and O–H groups in total. The molecule has 0 aromatic carbocycles. The largest absolute Gasteiger partial charge is 0.275 e. The number of amides is 1. The SMILES string of the molecule is O=C(c1cccn2ncc(Br)c12)N1CCCn2nnnc21. The van der Waals surface area contributed by atoms with E-state index < -0.39 is 0 Å². The van der Waals surface area contributed by atoms with E-state index in [2.05, 4.69) is 36.6 Å². The van der Waals surface area contributed by atoms with E-state index in [1.54, 1.807) is 38.6 Å². The van der Waals surface area contributed by atoms with Gasteiger partial charge >= 0.3 is 0 Å². The molecule has 0 bridgehead atoms. The molecule has 0 radical (unpaired) electrons. The summed E-state index contributed by atoms with van der Waals surface area (Å²) in [6.45, 7) is 1.33. The third-order valence-electron chi connectivity index (χ3n) is 3.48. The van der Waals surface area contributed by atoms with Crippen LogP contribution in [-0.4, -0.2) is 42.3 Å². The summed E-state index contributed by atoms with van der Waals surface area (Å²) in [5.41, 5.74) is 1.31. The highest BCUT2D eigenvalue weighted by atomic mass is 79.9. The molecule has 21 heavy (non-hydrogen) atoms. The monoisotopic (exact) mass is 347 g/mol. The highest BCUT2D eigenvalue weighted by Gasteiger charge is 2.28. The number of nitrogens with zero attached hydrogens (tertiary/aromatic N) is 7. The molecule has 1 amide bonds. The fraction of sp³-hybridized carbons (Fsp3) is 0.250. The van der Waals surface area contributed by atoms with Crippen molar-refractivity contribution in [3.63, 3.8) is 0 Å². The van der Waals surface area contributed by atoms with Crippen molar-refractivity contribution < 1.29 is 4.79 Å². The van der Waals surface area contributed by atoms with E-state index in [1.165, 1.54) is 0 Å². The van der Waals surface area contributed by atoms with Crippen LogP contribution in [0.15, 0.2) is 29.0 Å². The van der Waals surface area contributed by atoms with Gasteiger partial charge in [-0.1, -0.05) is 5.10 Å². The maximum absolute atomic E-state index is 12.9. The first-order valence-corrected chi connectivity index (χ1v) is 7.25. The fourth-order valence-corrected chi connectivity index (χ4v) is 3.02. The van der Waals surface area contributed by atoms with Crippen molar-refractivity contribution in [3.8, 4) is 0 Å². The van der Waals surface area contributed by atoms with Gasteiger partial charge in [-0.2, -0.15) is 5.10 Å². The lowest BCUT2D eigenvalue weighted by Crippen LogP contribution is -2.38. The summed E-state index contributed by atoms with van der Waals surface area (Å²) >= 11 is 3.43. The van der Waals surface area contributed by atoms with Crippen LogP contribution in [0, 0.1) is 0 Å². The Morgan fingerprint density at radius 2 is 2.24 bits per heavy atom. The number of hydrogen-bond acceptors (Lipinski definition) is 5. The summed E-state index contributed by atoms with van der Waals surface area (Å²) in [6.07, 6.45) is 4.30. The number of fused-ring (bicyclic) bond motifs is 2. The van der Waals surface area contributed by atoms with Crippen LogP contribution in [0.3, 0.4) is 0 Å². The average Bonchev–Trinajstić information content (AvgIpc) is 3.13. The minimum Gasteiger partial charge on any atom is -0.275 e. The van der Waals surface area contributed by atoms with Gasteiger partial charge in [0.05, 0.1) is 21.7 Å². The Hall–Kier alpha value is -2.29. The van der Waals surface area contributed by atoms with Crippen LogP contribution in [0.25, 0.3) is 5.52 Å². The van der Waals surface area contributed by atoms with Crippen LogP contribution in [0.5, 0.6) is 0 Å². The number of rotatable bonds is 1. The van der Waals surface area contributed by atoms with E-state index in [1.807, 2.05) is 0 Å². The van der Waals surface area contributed by atoms with E-state index in [9.17, 15) is 4.79 Å². The molecule has 106 valence electrons. The fourth-order valence-electron chi connectivity index (χ4n) is 2.53. The third kappa shape index (κ3) is 1.84. The minimum absolute atomic E-state index is 0.127. The highest BCUT2D eigenvalue weighted by Crippen LogP contribution is 2.25. The molecule has 0 fully saturated rings. The van der Waals surface area contributed by atoms with E-state index in [0.717, 1.165) is 23.0 Å². The Morgan fingerprint density at radius 1 is 1.33 bits per heavy atom. The molecule has 0 aliphatic carbocycles. The molecule has 0 saturated carbocycles. The smallest absolute Gasteiger partial charge is 0.262 e. The third-order valence-corrected chi connectivity index (χ3v) is 4.06. The summed E-state index contributed by atoms with van der Waals surface area (Å²) in [7, 11) is 0. The predicted octanol–water partition coefficient (Wildman–Crippen LogP) is 1.13. The number of tetrazole rings is 1. The Labute approximate surface area is 127 Å². The van der Waals surface area contributed by atoms with E-state index >= 15 is 0 Å². The molecule has 1 aliphatic heterocycles. The molecule has 0 spiro atoms. The van der Waals surface area contributed by atoms with Crippen LogP contribution in [0.1, 0.15) is 16.8 Å². The number of hydrogen-bond donors (Lipinski definition) is 0. The summed E-state index contributed by atoms with van der Waals surface area (Å²) in [5.74, 6) is 0.362. The molecule has 8 nitrogen and oxygen atoms in total. The van der Waals surface area contributed by atoms with Crippen molar-refractivity contribution in [1.82, 2.24) is 29.8 Å². The minimum atomic E-state index is -0.127. The Balaban J connectivity index is 1.84. The van der Waals surface area contributed by atoms with Crippen molar-refractivity contribution in [3.05, 3.63) is 34.6 Å². The maximum atomic E-state index is 12.9. The zero-order valence-corrected chi connectivity index (χ0v) is 12.4. The first-order valence-electron chi connectivity index (χ1n) is 6.45. The number of anilines is 1. The van der Waals surface area contributed by atoms with Crippen LogP contribution in [-0.2, 0) is 6.54 Å². The van der Waals surface area contributed by atoms with Crippen molar-refractivity contribution >= 4 is 33.3 Å². The van der Waals surface area contributed by atoms with Crippen LogP contribution in [0.2, 0.25) is 0 Å². The molecule has 3 aromatic heterocycles. The number of pyridine rings is 1. The van der Waals surface area contributed by atoms with Gasteiger partial charge in [0.15, 0.2) is 0 Å². The van der Waals surface area contributed by atoms with Crippen molar-refractivity contribution in [1.29, 1.82) is 0 Å². The number of carbonyl (C=O) groups excluding carboxylic acids is 1. The molecule has 1 aliphatic rings. The summed E-state index contributed by atoms with van der Waals surface area (Å²) in [4.78, 5) is 14.5. The maximum Gasteiger partial charge on any atom is 0.262 e. The van der Waals surface area contributed by atoms with E-state index in [0.29, 0.717) is 18.1 Å². The molecule has 0 unspecified atom stereocenters. The van der Waals surface area contributed by atoms with Crippen molar-refractivity contribution in [2.45, 2.75) is 13.0 Å². The Bertz CT molecular complexity index is 839. The molecule has 4 rings (SSSR count). The molecule has 4 heterocycles. The van der Waals surface area contributed by atoms with Crippen LogP contribution >= 0.6 is 15.9 Å². The lowest BCUT2D eigenvalue weighted by atomic mass is 10.2. The lowest BCUT2D eigenvalue weighted by Gasteiger charge is -2.25. The number of halogens is 1. The van der Waals surface area contributed by atoms with Crippen LogP contribution in [0.4, 0.5) is 5.95 Å². The van der Waals surface area contributed by atoms with Crippen molar-refractivity contribution in [2.24, 2.45) is 0 Å². The Morgan fingerprint density at radius 3 is 3.14 bits per heavy atom. The van der Waals surface area contributed by atoms with Crippen LogP contribution < -0.4 is 4.90 Å². The molecular formula is C12H10BrN7O. The van der Waals surface area contributed by atoms with Gasteiger partial charge in [0, 0.05) is 19.3 Å². The van der Waals surface area contributed by atoms with Gasteiger partial charge < -0.3 is 0 Å². The van der Waals surface area contributed by atoms with Gasteiger partial charge in [0.25, 0.3) is 11.9 Å². The summed E-state index contributed by atoms with van der Waals surface area (Å²) in [5, 5.41) is 15.7. The second-order valence-electron chi connectivity index (χ2n) is 4.72. The number of aromatic nitrogens is 6. The highest BCUT2D eigenvalue weighted by molar-refractivity contribution is 9.10. The quantitative estimate of drug-likeness (QED) is 0.659. The van der Waals surface area contributed by atoms with E-state index in [-0.39, 0.29) is 5.91 Å². The summed E-state index contributed by atoms with van der Waals surface area (Å²) in [6, 6.07) is 3.58. The standard InChI is InChI=1S/C12H10BrN7O/c13-9-7-14-19-5-1-3-8(10(9)19)11(21)18-4-2-6-20-12(18)15-16-17-20/h1,3,5,7H,2,4,6H2.